The van der Waals surface area contributed by atoms with Gasteiger partial charge in [0.1, 0.15) is 6.10 Å². The molecule has 1 atom stereocenters. The average Bonchev–Trinajstić information content (AvgIpc) is 2.32. The largest absolute Gasteiger partial charge is 0.460 e. The molecule has 0 aliphatic heterocycles. The predicted molar refractivity (Wildman–Crippen MR) is 63.9 cm³/mol. The molecule has 6 heteroatoms. The summed E-state index contributed by atoms with van der Waals surface area (Å²) < 4.78 is 21.9. The Morgan fingerprint density at radius 2 is 1.76 bits per heavy atom. The number of hydrogen-bond donors (Lipinski definition) is 0. The van der Waals surface area contributed by atoms with Crippen molar-refractivity contribution in [1.82, 2.24) is 9.97 Å². The van der Waals surface area contributed by atoms with Crippen LogP contribution in [0.5, 0.6) is 6.01 Å². The van der Waals surface area contributed by atoms with Gasteiger partial charge in [-0.05, 0) is 31.7 Å². The molecule has 0 N–H and O–H groups in total. The standard InChI is InChI=1S/C11H16N2O3S/c1-17(14)16-10-5-3-9(4-6-10)15-11-12-7-2-8-13-11/h2,7-10H,3-6H2,1H3. The molecule has 94 valence electrons. The fourth-order valence-electron chi connectivity index (χ4n) is 1.93. The lowest BCUT2D eigenvalue weighted by molar-refractivity contribution is 0.0824. The summed E-state index contributed by atoms with van der Waals surface area (Å²) in [5.41, 5.74) is 0. The van der Waals surface area contributed by atoms with E-state index in [0.717, 1.165) is 25.7 Å². The van der Waals surface area contributed by atoms with E-state index in [0.29, 0.717) is 6.01 Å². The fraction of sp³-hybridized carbons (Fsp3) is 0.636. The average molecular weight is 256 g/mol. The highest BCUT2D eigenvalue weighted by molar-refractivity contribution is 7.79. The van der Waals surface area contributed by atoms with E-state index in [1.165, 1.54) is 0 Å². The lowest BCUT2D eigenvalue weighted by Crippen LogP contribution is -2.29. The zero-order valence-corrected chi connectivity index (χ0v) is 10.6. The van der Waals surface area contributed by atoms with Gasteiger partial charge in [0.05, 0.1) is 6.10 Å². The minimum absolute atomic E-state index is 0.0948. The van der Waals surface area contributed by atoms with Gasteiger partial charge in [-0.15, -0.1) is 0 Å². The first-order chi connectivity index (χ1) is 8.24. The Labute approximate surface area is 103 Å². The molecule has 1 fully saturated rings. The second-order valence-corrected chi connectivity index (χ2v) is 5.04. The summed E-state index contributed by atoms with van der Waals surface area (Å²) in [5, 5.41) is 0. The summed E-state index contributed by atoms with van der Waals surface area (Å²) in [6, 6.07) is 2.18. The van der Waals surface area contributed by atoms with Gasteiger partial charge in [-0.3, -0.25) is 4.18 Å². The number of rotatable bonds is 4. The first-order valence-electron chi connectivity index (χ1n) is 5.68. The zero-order valence-electron chi connectivity index (χ0n) is 9.74. The number of ether oxygens (including phenoxy) is 1. The second kappa shape index (κ2) is 6.07. The van der Waals surface area contributed by atoms with Crippen molar-refractivity contribution in [2.45, 2.75) is 37.9 Å². The van der Waals surface area contributed by atoms with E-state index in [2.05, 4.69) is 9.97 Å². The molecule has 17 heavy (non-hydrogen) atoms. The van der Waals surface area contributed by atoms with Crippen LogP contribution in [-0.4, -0.2) is 32.6 Å². The molecule has 0 aromatic carbocycles. The summed E-state index contributed by atoms with van der Waals surface area (Å²) in [6.07, 6.45) is 8.64. The third-order valence-electron chi connectivity index (χ3n) is 2.71. The monoisotopic (exact) mass is 256 g/mol. The van der Waals surface area contributed by atoms with Crippen molar-refractivity contribution < 1.29 is 13.1 Å². The van der Waals surface area contributed by atoms with Crippen LogP contribution in [0.3, 0.4) is 0 Å². The predicted octanol–water partition coefficient (Wildman–Crippen LogP) is 1.48. The van der Waals surface area contributed by atoms with Gasteiger partial charge in [0, 0.05) is 18.6 Å². The van der Waals surface area contributed by atoms with E-state index in [1.807, 2.05) is 0 Å². The SMILES string of the molecule is CS(=O)OC1CCC(Oc2ncccn2)CC1. The van der Waals surface area contributed by atoms with E-state index < -0.39 is 11.1 Å². The lowest BCUT2D eigenvalue weighted by atomic mass is 9.95. The van der Waals surface area contributed by atoms with Gasteiger partial charge in [0.2, 0.25) is 0 Å². The van der Waals surface area contributed by atoms with Crippen LogP contribution in [0.1, 0.15) is 25.7 Å². The molecule has 1 aliphatic carbocycles. The smallest absolute Gasteiger partial charge is 0.316 e. The molecule has 0 saturated heterocycles. The molecule has 2 rings (SSSR count). The van der Waals surface area contributed by atoms with Gasteiger partial charge in [-0.1, -0.05) is 0 Å². The summed E-state index contributed by atoms with van der Waals surface area (Å²) in [7, 11) is 0. The number of nitrogens with zero attached hydrogens (tertiary/aromatic N) is 2. The highest BCUT2D eigenvalue weighted by Crippen LogP contribution is 2.24. The molecule has 0 amide bonds. The minimum atomic E-state index is -1.18. The maximum absolute atomic E-state index is 10.9. The van der Waals surface area contributed by atoms with Crippen molar-refractivity contribution in [3.05, 3.63) is 18.5 Å². The van der Waals surface area contributed by atoms with Crippen molar-refractivity contribution >= 4 is 11.1 Å². The molecule has 0 spiro atoms. The maximum atomic E-state index is 10.9. The Hall–Kier alpha value is -1.01. The third kappa shape index (κ3) is 4.05. The molecular formula is C11H16N2O3S. The second-order valence-electron chi connectivity index (χ2n) is 4.05. The van der Waals surface area contributed by atoms with Crippen LogP contribution in [0.4, 0.5) is 0 Å². The third-order valence-corrected chi connectivity index (χ3v) is 3.25. The summed E-state index contributed by atoms with van der Waals surface area (Å²) in [6.45, 7) is 0. The Morgan fingerprint density at radius 3 is 2.35 bits per heavy atom. The molecule has 1 aromatic rings. The summed E-state index contributed by atoms with van der Waals surface area (Å²) in [5.74, 6) is 0. The number of aromatic nitrogens is 2. The van der Waals surface area contributed by atoms with Crippen LogP contribution in [0, 0.1) is 0 Å². The molecule has 1 aromatic heterocycles. The van der Waals surface area contributed by atoms with Crippen LogP contribution in [0.2, 0.25) is 0 Å². The first-order valence-corrected chi connectivity index (χ1v) is 7.16. The molecule has 0 bridgehead atoms. The van der Waals surface area contributed by atoms with Gasteiger partial charge in [-0.25, -0.2) is 14.2 Å². The van der Waals surface area contributed by atoms with Crippen LogP contribution in [0.25, 0.3) is 0 Å². The number of hydrogen-bond acceptors (Lipinski definition) is 5. The van der Waals surface area contributed by atoms with Crippen LogP contribution in [0.15, 0.2) is 18.5 Å². The molecule has 1 saturated carbocycles. The van der Waals surface area contributed by atoms with Crippen LogP contribution in [-0.2, 0) is 15.3 Å². The maximum Gasteiger partial charge on any atom is 0.316 e. The van der Waals surface area contributed by atoms with E-state index in [4.69, 9.17) is 8.92 Å². The van der Waals surface area contributed by atoms with E-state index in [9.17, 15) is 4.21 Å². The fourth-order valence-corrected chi connectivity index (χ4v) is 2.51. The Balaban J connectivity index is 1.78. The van der Waals surface area contributed by atoms with E-state index >= 15 is 0 Å². The molecule has 1 aliphatic rings. The Morgan fingerprint density at radius 1 is 1.18 bits per heavy atom. The van der Waals surface area contributed by atoms with Gasteiger partial charge >= 0.3 is 6.01 Å². The lowest BCUT2D eigenvalue weighted by Gasteiger charge is -2.27. The molecule has 1 unspecified atom stereocenters. The van der Waals surface area contributed by atoms with Crippen LogP contribution < -0.4 is 4.74 Å². The molecule has 5 nitrogen and oxygen atoms in total. The minimum Gasteiger partial charge on any atom is -0.460 e. The van der Waals surface area contributed by atoms with Crippen LogP contribution >= 0.6 is 0 Å². The Kier molecular flexibility index (Phi) is 4.44. The van der Waals surface area contributed by atoms with E-state index in [-0.39, 0.29) is 12.2 Å². The van der Waals surface area contributed by atoms with Crippen molar-refractivity contribution in [3.8, 4) is 6.01 Å². The highest BCUT2D eigenvalue weighted by atomic mass is 32.2. The molecule has 1 heterocycles. The van der Waals surface area contributed by atoms with Crippen molar-refractivity contribution in [2.75, 3.05) is 6.26 Å². The van der Waals surface area contributed by atoms with Gasteiger partial charge in [-0.2, -0.15) is 0 Å². The highest BCUT2D eigenvalue weighted by Gasteiger charge is 2.24. The van der Waals surface area contributed by atoms with E-state index in [1.54, 1.807) is 24.7 Å². The zero-order chi connectivity index (χ0) is 12.1. The molecule has 0 radical (unpaired) electrons. The topological polar surface area (TPSA) is 61.3 Å². The first kappa shape index (κ1) is 12.4. The normalized spacial score (nSPS) is 26.4. The molecular weight excluding hydrogens is 240 g/mol. The Bertz CT molecular complexity index is 366. The van der Waals surface area contributed by atoms with Crippen molar-refractivity contribution in [1.29, 1.82) is 0 Å². The summed E-state index contributed by atoms with van der Waals surface area (Å²) in [4.78, 5) is 8.05. The van der Waals surface area contributed by atoms with Gasteiger partial charge in [0.25, 0.3) is 0 Å². The quantitative estimate of drug-likeness (QED) is 0.816. The summed E-state index contributed by atoms with van der Waals surface area (Å²) >= 11 is -1.18. The van der Waals surface area contributed by atoms with Crippen molar-refractivity contribution in [2.24, 2.45) is 0 Å². The van der Waals surface area contributed by atoms with Crippen molar-refractivity contribution in [3.63, 3.8) is 0 Å². The van der Waals surface area contributed by atoms with Gasteiger partial charge in [0.15, 0.2) is 11.1 Å². The van der Waals surface area contributed by atoms with Gasteiger partial charge < -0.3 is 4.74 Å².